The van der Waals surface area contributed by atoms with E-state index >= 15 is 0 Å². The van der Waals surface area contributed by atoms with Gasteiger partial charge in [0.25, 0.3) is 0 Å². The molecule has 2 rings (SSSR count). The lowest BCUT2D eigenvalue weighted by molar-refractivity contribution is -0.142. The number of carbonyl (C=O) groups is 2. The van der Waals surface area contributed by atoms with Crippen LogP contribution in [0.15, 0.2) is 22.7 Å². The van der Waals surface area contributed by atoms with Gasteiger partial charge in [0.05, 0.1) is 12.0 Å². The van der Waals surface area contributed by atoms with E-state index in [4.69, 9.17) is 5.11 Å². The zero-order valence-electron chi connectivity index (χ0n) is 12.8. The molecule has 0 unspecified atom stereocenters. The van der Waals surface area contributed by atoms with Gasteiger partial charge in [-0.05, 0) is 44.7 Å². The third-order valence-corrected chi connectivity index (χ3v) is 4.68. The van der Waals surface area contributed by atoms with Gasteiger partial charge in [-0.25, -0.2) is 9.18 Å². The lowest BCUT2D eigenvalue weighted by Gasteiger charge is -2.27. The number of urea groups is 1. The predicted molar refractivity (Wildman–Crippen MR) is 87.6 cm³/mol. The Labute approximate surface area is 142 Å². The first-order valence-electron chi connectivity index (χ1n) is 7.61. The summed E-state index contributed by atoms with van der Waals surface area (Å²) in [5, 5.41) is 14.5. The smallest absolute Gasteiger partial charge is 0.315 e. The molecule has 7 heteroatoms. The molecule has 1 atom stereocenters. The van der Waals surface area contributed by atoms with Crippen LogP contribution < -0.4 is 10.6 Å². The van der Waals surface area contributed by atoms with Gasteiger partial charge in [-0.2, -0.15) is 0 Å². The van der Waals surface area contributed by atoms with Crippen LogP contribution in [0.1, 0.15) is 44.2 Å². The molecule has 23 heavy (non-hydrogen) atoms. The number of hydrogen-bond acceptors (Lipinski definition) is 2. The van der Waals surface area contributed by atoms with Crippen molar-refractivity contribution >= 4 is 27.9 Å². The van der Waals surface area contributed by atoms with Gasteiger partial charge in [-0.1, -0.05) is 22.0 Å². The van der Waals surface area contributed by atoms with E-state index in [-0.39, 0.29) is 23.8 Å². The molecule has 0 aromatic heterocycles. The molecule has 126 valence electrons. The lowest BCUT2D eigenvalue weighted by Crippen LogP contribution is -2.44. The van der Waals surface area contributed by atoms with Gasteiger partial charge in [0.1, 0.15) is 5.82 Å². The summed E-state index contributed by atoms with van der Waals surface area (Å²) in [5.41, 5.74) is 0.415. The van der Waals surface area contributed by atoms with Gasteiger partial charge in [0.2, 0.25) is 0 Å². The highest BCUT2D eigenvalue weighted by Gasteiger charge is 2.27. The summed E-state index contributed by atoms with van der Waals surface area (Å²) in [6, 6.07) is 3.85. The quantitative estimate of drug-likeness (QED) is 0.739. The first-order valence-corrected chi connectivity index (χ1v) is 8.41. The molecule has 1 aliphatic carbocycles. The van der Waals surface area contributed by atoms with Crippen LogP contribution in [0.5, 0.6) is 0 Å². The molecular weight excluding hydrogens is 367 g/mol. The Morgan fingerprint density at radius 1 is 1.30 bits per heavy atom. The van der Waals surface area contributed by atoms with Crippen molar-refractivity contribution in [3.8, 4) is 0 Å². The minimum Gasteiger partial charge on any atom is -0.481 e. The molecule has 1 aromatic rings. The number of rotatable bonds is 4. The van der Waals surface area contributed by atoms with Crippen molar-refractivity contribution in [3.63, 3.8) is 0 Å². The molecule has 3 N–H and O–H groups in total. The van der Waals surface area contributed by atoms with E-state index in [1.807, 2.05) is 0 Å². The lowest BCUT2D eigenvalue weighted by atomic mass is 9.86. The van der Waals surface area contributed by atoms with E-state index in [1.54, 1.807) is 19.1 Å². The molecule has 0 heterocycles. The maximum absolute atomic E-state index is 13.9. The third-order valence-electron chi connectivity index (χ3n) is 4.19. The van der Waals surface area contributed by atoms with Gasteiger partial charge in [-0.3, -0.25) is 4.79 Å². The highest BCUT2D eigenvalue weighted by molar-refractivity contribution is 9.10. The number of carboxylic acids is 1. The van der Waals surface area contributed by atoms with Gasteiger partial charge in [0.15, 0.2) is 0 Å². The Morgan fingerprint density at radius 2 is 1.96 bits per heavy atom. The van der Waals surface area contributed by atoms with Crippen LogP contribution in [0.3, 0.4) is 0 Å². The maximum atomic E-state index is 13.9. The first-order chi connectivity index (χ1) is 10.9. The fraction of sp³-hybridized carbons (Fsp3) is 0.500. The number of benzene rings is 1. The molecular formula is C16H20BrFN2O3. The number of amides is 2. The Kier molecular flexibility index (Phi) is 5.98. The number of carbonyl (C=O) groups excluding carboxylic acids is 1. The van der Waals surface area contributed by atoms with Gasteiger partial charge < -0.3 is 15.7 Å². The molecule has 1 saturated carbocycles. The van der Waals surface area contributed by atoms with Gasteiger partial charge in [-0.15, -0.1) is 0 Å². The van der Waals surface area contributed by atoms with Crippen LogP contribution >= 0.6 is 15.9 Å². The van der Waals surface area contributed by atoms with Crippen molar-refractivity contribution in [2.45, 2.75) is 44.7 Å². The third kappa shape index (κ3) is 4.92. The molecule has 5 nitrogen and oxygen atoms in total. The number of aliphatic carboxylic acids is 1. The van der Waals surface area contributed by atoms with Crippen molar-refractivity contribution in [2.75, 3.05) is 0 Å². The van der Waals surface area contributed by atoms with Crippen LogP contribution in [0.2, 0.25) is 0 Å². The highest BCUT2D eigenvalue weighted by Crippen LogP contribution is 2.25. The number of carboxylic acid groups (broad SMARTS) is 1. The largest absolute Gasteiger partial charge is 0.481 e. The molecule has 2 amide bonds. The minimum absolute atomic E-state index is 0.0347. The summed E-state index contributed by atoms with van der Waals surface area (Å²) >= 11 is 3.20. The second kappa shape index (κ2) is 7.77. The molecule has 1 fully saturated rings. The molecule has 0 spiro atoms. The maximum Gasteiger partial charge on any atom is 0.315 e. The predicted octanol–water partition coefficient (Wildman–Crippen LogP) is 3.59. The molecule has 0 bridgehead atoms. The van der Waals surface area contributed by atoms with E-state index in [0.29, 0.717) is 35.7 Å². The fourth-order valence-electron chi connectivity index (χ4n) is 2.84. The molecule has 1 aliphatic rings. The first kappa shape index (κ1) is 17.7. The van der Waals surface area contributed by atoms with Crippen molar-refractivity contribution in [3.05, 3.63) is 34.1 Å². The minimum atomic E-state index is -0.771. The molecule has 0 aliphatic heterocycles. The van der Waals surface area contributed by atoms with Crippen molar-refractivity contribution in [1.29, 1.82) is 0 Å². The monoisotopic (exact) mass is 386 g/mol. The van der Waals surface area contributed by atoms with E-state index in [2.05, 4.69) is 26.6 Å². The fourth-order valence-corrected chi connectivity index (χ4v) is 3.17. The highest BCUT2D eigenvalue weighted by atomic mass is 79.9. The number of halogens is 2. The Morgan fingerprint density at radius 3 is 2.52 bits per heavy atom. The van der Waals surface area contributed by atoms with E-state index < -0.39 is 12.0 Å². The normalized spacial score (nSPS) is 22.2. The standard InChI is InChI=1S/C16H20BrFN2O3/c1-9(13-7-4-11(17)8-14(13)18)19-16(23)20-12-5-2-10(3-6-12)15(21)22/h4,7-10,12H,2-3,5-6H2,1H3,(H,21,22)(H2,19,20,23)/t9-,10?,12?/m0/s1. The Hall–Kier alpha value is -1.63. The van der Waals surface area contributed by atoms with E-state index in [1.165, 1.54) is 6.07 Å². The molecule has 0 radical (unpaired) electrons. The van der Waals surface area contributed by atoms with Crippen LogP contribution in [0.4, 0.5) is 9.18 Å². The summed E-state index contributed by atoms with van der Waals surface area (Å²) < 4.78 is 14.5. The Bertz CT molecular complexity index is 589. The van der Waals surface area contributed by atoms with E-state index in [9.17, 15) is 14.0 Å². The summed E-state index contributed by atoms with van der Waals surface area (Å²) in [7, 11) is 0. The topological polar surface area (TPSA) is 78.4 Å². The van der Waals surface area contributed by atoms with Crippen molar-refractivity contribution in [1.82, 2.24) is 10.6 Å². The zero-order chi connectivity index (χ0) is 17.0. The number of hydrogen-bond donors (Lipinski definition) is 3. The Balaban J connectivity index is 1.84. The summed E-state index contributed by atoms with van der Waals surface area (Å²) in [6.07, 6.45) is 2.42. The second-order valence-electron chi connectivity index (χ2n) is 5.89. The van der Waals surface area contributed by atoms with Crippen LogP contribution in [-0.4, -0.2) is 23.1 Å². The average Bonchev–Trinajstić information content (AvgIpc) is 2.47. The van der Waals surface area contributed by atoms with Crippen LogP contribution in [-0.2, 0) is 4.79 Å². The van der Waals surface area contributed by atoms with Crippen LogP contribution in [0, 0.1) is 11.7 Å². The molecule has 1 aromatic carbocycles. The average molecular weight is 387 g/mol. The second-order valence-corrected chi connectivity index (χ2v) is 6.81. The van der Waals surface area contributed by atoms with Crippen molar-refractivity contribution < 1.29 is 19.1 Å². The van der Waals surface area contributed by atoms with Crippen molar-refractivity contribution in [2.24, 2.45) is 5.92 Å². The number of nitrogens with one attached hydrogen (secondary N) is 2. The SMILES string of the molecule is C[C@H](NC(=O)NC1CCC(C(=O)O)CC1)c1ccc(Br)cc1F. The van der Waals surface area contributed by atoms with Crippen LogP contribution in [0.25, 0.3) is 0 Å². The van der Waals surface area contributed by atoms with Gasteiger partial charge >= 0.3 is 12.0 Å². The zero-order valence-corrected chi connectivity index (χ0v) is 14.4. The van der Waals surface area contributed by atoms with E-state index in [0.717, 1.165) is 0 Å². The summed E-state index contributed by atoms with van der Waals surface area (Å²) in [4.78, 5) is 22.9. The van der Waals surface area contributed by atoms with Gasteiger partial charge in [0, 0.05) is 16.1 Å². The summed E-state index contributed by atoms with van der Waals surface area (Å²) in [6.45, 7) is 1.72. The molecule has 0 saturated heterocycles. The summed E-state index contributed by atoms with van der Waals surface area (Å²) in [5.74, 6) is -1.46.